The maximum atomic E-state index is 14.4. The largest absolute Gasteiger partial charge is 0.382 e. The van der Waals surface area contributed by atoms with E-state index in [1.807, 2.05) is 0 Å². The van der Waals surface area contributed by atoms with E-state index in [0.29, 0.717) is 5.69 Å². The third-order valence-corrected chi connectivity index (χ3v) is 4.03. The van der Waals surface area contributed by atoms with Gasteiger partial charge in [0.05, 0.1) is 6.54 Å². The van der Waals surface area contributed by atoms with E-state index in [4.69, 9.17) is 0 Å². The minimum absolute atomic E-state index is 0.0366. The molecule has 2 atom stereocenters. The molecular formula is C16H15F2N5O. The minimum atomic E-state index is -1.71. The van der Waals surface area contributed by atoms with E-state index in [1.54, 1.807) is 13.0 Å². The monoisotopic (exact) mass is 331 g/mol. The van der Waals surface area contributed by atoms with Gasteiger partial charge < -0.3 is 5.11 Å². The minimum Gasteiger partial charge on any atom is -0.382 e. The van der Waals surface area contributed by atoms with Gasteiger partial charge >= 0.3 is 0 Å². The van der Waals surface area contributed by atoms with E-state index in [9.17, 15) is 13.9 Å². The molecular weight excluding hydrogens is 316 g/mol. The van der Waals surface area contributed by atoms with Crippen LogP contribution in [0.15, 0.2) is 49.4 Å². The summed E-state index contributed by atoms with van der Waals surface area (Å²) >= 11 is 0. The van der Waals surface area contributed by atoms with Crippen LogP contribution in [0.4, 0.5) is 8.78 Å². The second-order valence-corrected chi connectivity index (χ2v) is 5.50. The Bertz CT molecular complexity index is 813. The summed E-state index contributed by atoms with van der Waals surface area (Å²) in [5.41, 5.74) is -1.22. The SMILES string of the molecule is C[C@H](c1ccncn1)[C@](O)(Cn1cncn1)c1ccc(F)cc1F. The summed E-state index contributed by atoms with van der Waals surface area (Å²) in [4.78, 5) is 11.8. The second-order valence-electron chi connectivity index (χ2n) is 5.50. The second kappa shape index (κ2) is 6.40. The molecule has 1 N–H and O–H groups in total. The number of nitrogens with zero attached hydrogens (tertiary/aromatic N) is 5. The highest BCUT2D eigenvalue weighted by atomic mass is 19.1. The zero-order valence-electron chi connectivity index (χ0n) is 12.8. The Morgan fingerprint density at radius 3 is 2.67 bits per heavy atom. The quantitative estimate of drug-likeness (QED) is 0.774. The van der Waals surface area contributed by atoms with E-state index >= 15 is 0 Å². The molecule has 0 unspecified atom stereocenters. The predicted molar refractivity (Wildman–Crippen MR) is 80.7 cm³/mol. The zero-order valence-corrected chi connectivity index (χ0v) is 12.8. The van der Waals surface area contributed by atoms with Gasteiger partial charge in [-0.25, -0.2) is 28.4 Å². The summed E-state index contributed by atoms with van der Waals surface area (Å²) in [5, 5.41) is 15.3. The Morgan fingerprint density at radius 2 is 2.04 bits per heavy atom. The number of hydrogen-bond donors (Lipinski definition) is 1. The average Bonchev–Trinajstić information content (AvgIpc) is 3.07. The number of rotatable bonds is 5. The maximum Gasteiger partial charge on any atom is 0.137 e. The van der Waals surface area contributed by atoms with Gasteiger partial charge in [-0.1, -0.05) is 13.0 Å². The van der Waals surface area contributed by atoms with E-state index in [0.717, 1.165) is 12.1 Å². The van der Waals surface area contributed by atoms with Crippen molar-refractivity contribution in [2.45, 2.75) is 25.0 Å². The molecule has 0 saturated carbocycles. The van der Waals surface area contributed by atoms with E-state index in [1.165, 1.54) is 35.9 Å². The summed E-state index contributed by atoms with van der Waals surface area (Å²) in [6.07, 6.45) is 5.62. The molecule has 0 spiro atoms. The first-order valence-corrected chi connectivity index (χ1v) is 7.27. The highest BCUT2D eigenvalue weighted by molar-refractivity contribution is 5.29. The Balaban J connectivity index is 2.09. The van der Waals surface area contributed by atoms with Crippen LogP contribution in [-0.4, -0.2) is 29.8 Å². The number of hydrogen-bond acceptors (Lipinski definition) is 5. The lowest BCUT2D eigenvalue weighted by Crippen LogP contribution is -2.38. The fourth-order valence-electron chi connectivity index (χ4n) is 2.66. The summed E-state index contributed by atoms with van der Waals surface area (Å²) in [6.45, 7) is 1.64. The number of aliphatic hydroxyl groups is 1. The maximum absolute atomic E-state index is 14.4. The molecule has 3 rings (SSSR count). The summed E-state index contributed by atoms with van der Waals surface area (Å²) < 4.78 is 29.0. The van der Waals surface area contributed by atoms with E-state index in [2.05, 4.69) is 20.1 Å². The molecule has 0 aliphatic heterocycles. The molecule has 1 aromatic carbocycles. The Hall–Kier alpha value is -2.74. The Morgan fingerprint density at radius 1 is 1.21 bits per heavy atom. The molecule has 0 radical (unpaired) electrons. The van der Waals surface area contributed by atoms with E-state index in [-0.39, 0.29) is 12.1 Å². The Kier molecular flexibility index (Phi) is 4.30. The molecule has 24 heavy (non-hydrogen) atoms. The van der Waals surface area contributed by atoms with Gasteiger partial charge in [0.2, 0.25) is 0 Å². The topological polar surface area (TPSA) is 76.7 Å². The van der Waals surface area contributed by atoms with Crippen LogP contribution < -0.4 is 0 Å². The van der Waals surface area contributed by atoms with Crippen LogP contribution >= 0.6 is 0 Å². The molecule has 3 aromatic rings. The highest BCUT2D eigenvalue weighted by Gasteiger charge is 2.40. The van der Waals surface area contributed by atoms with Crippen molar-refractivity contribution in [2.24, 2.45) is 0 Å². The smallest absolute Gasteiger partial charge is 0.137 e. The molecule has 0 amide bonds. The molecule has 2 aromatic heterocycles. The number of benzene rings is 1. The molecule has 6 nitrogen and oxygen atoms in total. The van der Waals surface area contributed by atoms with Crippen LogP contribution in [0, 0.1) is 11.6 Å². The predicted octanol–water partition coefficient (Wildman–Crippen LogP) is 2.04. The fraction of sp³-hybridized carbons (Fsp3) is 0.250. The van der Waals surface area contributed by atoms with Gasteiger partial charge in [0.1, 0.15) is 36.2 Å². The van der Waals surface area contributed by atoms with Gasteiger partial charge in [-0.3, -0.25) is 0 Å². The molecule has 0 aliphatic rings. The van der Waals surface area contributed by atoms with Crippen molar-refractivity contribution in [3.63, 3.8) is 0 Å². The van der Waals surface area contributed by atoms with Crippen molar-refractivity contribution in [2.75, 3.05) is 0 Å². The van der Waals surface area contributed by atoms with Crippen LogP contribution in [0.3, 0.4) is 0 Å². The summed E-state index contributed by atoms with van der Waals surface area (Å²) in [6, 6.07) is 4.73. The highest BCUT2D eigenvalue weighted by Crippen LogP contribution is 2.38. The molecule has 0 saturated heterocycles. The lowest BCUT2D eigenvalue weighted by atomic mass is 9.80. The van der Waals surface area contributed by atoms with Gasteiger partial charge in [0, 0.05) is 29.4 Å². The van der Waals surface area contributed by atoms with Gasteiger partial charge in [-0.15, -0.1) is 0 Å². The van der Waals surface area contributed by atoms with Crippen LogP contribution in [0.1, 0.15) is 24.1 Å². The van der Waals surface area contributed by atoms with Gasteiger partial charge in [0.25, 0.3) is 0 Å². The summed E-state index contributed by atoms with van der Waals surface area (Å²) in [7, 11) is 0. The first-order valence-electron chi connectivity index (χ1n) is 7.27. The first kappa shape index (κ1) is 16.1. The van der Waals surface area contributed by atoms with Crippen molar-refractivity contribution in [1.29, 1.82) is 0 Å². The van der Waals surface area contributed by atoms with Crippen LogP contribution in [0.5, 0.6) is 0 Å². The lowest BCUT2D eigenvalue weighted by molar-refractivity contribution is -0.0123. The molecule has 2 heterocycles. The van der Waals surface area contributed by atoms with Crippen LogP contribution in [0.25, 0.3) is 0 Å². The standard InChI is InChI=1S/C16H15F2N5O/c1-11(15-4-5-19-8-21-15)16(24,7-23-10-20-9-22-23)13-3-2-12(17)6-14(13)18/h2-6,8-11,24H,7H2,1H3/t11-,16-/m1/s1. The average molecular weight is 331 g/mol. The van der Waals surface area contributed by atoms with Crippen molar-refractivity contribution in [3.8, 4) is 0 Å². The molecule has 124 valence electrons. The van der Waals surface area contributed by atoms with Crippen molar-refractivity contribution >= 4 is 0 Å². The summed E-state index contributed by atoms with van der Waals surface area (Å²) in [5.74, 6) is -2.16. The zero-order chi connectivity index (χ0) is 17.2. The lowest BCUT2D eigenvalue weighted by Gasteiger charge is -2.34. The third kappa shape index (κ3) is 3.00. The third-order valence-electron chi connectivity index (χ3n) is 4.03. The molecule has 0 bridgehead atoms. The van der Waals surface area contributed by atoms with Gasteiger partial charge in [0.15, 0.2) is 0 Å². The fourth-order valence-corrected chi connectivity index (χ4v) is 2.66. The van der Waals surface area contributed by atoms with Gasteiger partial charge in [-0.2, -0.15) is 5.10 Å². The number of aromatic nitrogens is 5. The van der Waals surface area contributed by atoms with Crippen molar-refractivity contribution in [1.82, 2.24) is 24.7 Å². The van der Waals surface area contributed by atoms with Gasteiger partial charge in [-0.05, 0) is 12.1 Å². The first-order chi connectivity index (χ1) is 11.5. The normalized spacial score (nSPS) is 15.0. The van der Waals surface area contributed by atoms with Crippen molar-refractivity contribution < 1.29 is 13.9 Å². The number of halogens is 2. The molecule has 0 aliphatic carbocycles. The van der Waals surface area contributed by atoms with Crippen LogP contribution in [0.2, 0.25) is 0 Å². The van der Waals surface area contributed by atoms with Crippen molar-refractivity contribution in [3.05, 3.63) is 72.3 Å². The Labute approximate surface area is 136 Å². The van der Waals surface area contributed by atoms with Crippen LogP contribution in [-0.2, 0) is 12.1 Å². The molecule has 0 fully saturated rings. The molecule has 8 heteroatoms. The van der Waals surface area contributed by atoms with E-state index < -0.39 is 23.2 Å².